The molecule has 6 nitrogen and oxygen atoms in total. The van der Waals surface area contributed by atoms with E-state index in [4.69, 9.17) is 0 Å². The molecule has 1 fully saturated rings. The van der Waals surface area contributed by atoms with Crippen molar-refractivity contribution in [2.45, 2.75) is 38.2 Å². The first-order chi connectivity index (χ1) is 12.1. The fourth-order valence-electron chi connectivity index (χ4n) is 3.05. The minimum Gasteiger partial charge on any atom is -0.378 e. The van der Waals surface area contributed by atoms with Gasteiger partial charge in [-0.3, -0.25) is 19.5 Å². The first-order valence-corrected chi connectivity index (χ1v) is 8.35. The second-order valence-electron chi connectivity index (χ2n) is 6.10. The predicted molar refractivity (Wildman–Crippen MR) is 92.1 cm³/mol. The highest BCUT2D eigenvalue weighted by molar-refractivity contribution is 6.38. The molecule has 0 spiro atoms. The molecule has 2 unspecified atom stereocenters. The number of aliphatic hydroxyl groups excluding tert-OH is 1. The fourth-order valence-corrected chi connectivity index (χ4v) is 3.05. The van der Waals surface area contributed by atoms with Crippen LogP contribution in [0.4, 0.5) is 0 Å². The minimum absolute atomic E-state index is 0.208. The third kappa shape index (κ3) is 4.29. The summed E-state index contributed by atoms with van der Waals surface area (Å²) in [4.78, 5) is 30.5. The molecular formula is C19H21N3O3. The van der Waals surface area contributed by atoms with Crippen molar-refractivity contribution in [3.63, 3.8) is 0 Å². The van der Waals surface area contributed by atoms with Gasteiger partial charge in [-0.05, 0) is 30.5 Å². The normalized spacial score (nSPS) is 20.4. The van der Waals surface area contributed by atoms with E-state index in [2.05, 4.69) is 10.3 Å². The van der Waals surface area contributed by atoms with Crippen LogP contribution in [0.2, 0.25) is 0 Å². The molecule has 130 valence electrons. The summed E-state index contributed by atoms with van der Waals surface area (Å²) in [7, 11) is 0. The third-order valence-corrected chi connectivity index (χ3v) is 4.37. The minimum atomic E-state index is -0.710. The van der Waals surface area contributed by atoms with E-state index in [-0.39, 0.29) is 6.54 Å². The number of amides is 1. The first-order valence-electron chi connectivity index (χ1n) is 8.35. The zero-order chi connectivity index (χ0) is 17.6. The van der Waals surface area contributed by atoms with E-state index < -0.39 is 24.0 Å². The lowest BCUT2D eigenvalue weighted by Gasteiger charge is -2.26. The number of nitrogens with one attached hydrogen (secondary N) is 1. The van der Waals surface area contributed by atoms with Crippen molar-refractivity contribution in [3.05, 3.63) is 66.0 Å². The van der Waals surface area contributed by atoms with Gasteiger partial charge < -0.3 is 10.4 Å². The molecule has 0 radical (unpaired) electrons. The van der Waals surface area contributed by atoms with Gasteiger partial charge in [-0.15, -0.1) is 0 Å². The van der Waals surface area contributed by atoms with Gasteiger partial charge in [-0.2, -0.15) is 0 Å². The molecule has 2 N–H and O–H groups in total. The van der Waals surface area contributed by atoms with Crippen molar-refractivity contribution in [1.29, 1.82) is 0 Å². The molecular weight excluding hydrogens is 318 g/mol. The maximum atomic E-state index is 12.5. The molecule has 0 aliphatic carbocycles. The van der Waals surface area contributed by atoms with E-state index in [1.807, 2.05) is 36.4 Å². The average molecular weight is 339 g/mol. The highest BCUT2D eigenvalue weighted by atomic mass is 16.3. The number of hydrogen-bond acceptors (Lipinski definition) is 5. The predicted octanol–water partition coefficient (Wildman–Crippen LogP) is 1.25. The van der Waals surface area contributed by atoms with Gasteiger partial charge in [-0.1, -0.05) is 36.4 Å². The van der Waals surface area contributed by atoms with E-state index in [9.17, 15) is 14.7 Å². The van der Waals surface area contributed by atoms with E-state index in [1.165, 1.54) is 0 Å². The molecule has 2 atom stereocenters. The molecule has 1 saturated heterocycles. The number of Topliss-reactive ketones (excluding diaryl/α,β-unsaturated/α-hetero) is 1. The summed E-state index contributed by atoms with van der Waals surface area (Å²) in [6, 6.07) is 14.4. The average Bonchev–Trinajstić information content (AvgIpc) is 3.01. The molecule has 25 heavy (non-hydrogen) atoms. The summed E-state index contributed by atoms with van der Waals surface area (Å²) in [5, 5.41) is 12.8. The van der Waals surface area contributed by atoms with Crippen LogP contribution in [-0.2, 0) is 22.7 Å². The number of rotatable bonds is 6. The van der Waals surface area contributed by atoms with Crippen LogP contribution in [0.25, 0.3) is 0 Å². The second-order valence-corrected chi connectivity index (χ2v) is 6.10. The number of carbonyl (C=O) groups is 2. The van der Waals surface area contributed by atoms with Crippen LogP contribution in [0.5, 0.6) is 0 Å². The fraction of sp³-hybridized carbons (Fsp3) is 0.316. The molecule has 3 rings (SSSR count). The number of aromatic nitrogens is 1. The SMILES string of the molecule is O=C(NCc1ccccn1)C(=O)C1CCC(O)N1Cc1ccccc1. The summed E-state index contributed by atoms with van der Waals surface area (Å²) in [5.41, 5.74) is 1.69. The zero-order valence-electron chi connectivity index (χ0n) is 13.8. The standard InChI is InChI=1S/C19H21N3O3/c23-17-10-9-16(22(17)13-14-6-2-1-3-7-14)18(24)19(25)21-12-15-8-4-5-11-20-15/h1-8,11,16-17,23H,9-10,12-13H2,(H,21,25). The van der Waals surface area contributed by atoms with E-state index in [0.717, 1.165) is 5.56 Å². The van der Waals surface area contributed by atoms with Crippen molar-refractivity contribution in [3.8, 4) is 0 Å². The van der Waals surface area contributed by atoms with Crippen LogP contribution in [0.1, 0.15) is 24.1 Å². The second kappa shape index (κ2) is 8.00. The molecule has 1 aromatic carbocycles. The van der Waals surface area contributed by atoms with Gasteiger partial charge in [0.15, 0.2) is 0 Å². The Labute approximate surface area is 146 Å². The Morgan fingerprint density at radius 3 is 2.60 bits per heavy atom. The lowest BCUT2D eigenvalue weighted by Crippen LogP contribution is -2.46. The Bertz CT molecular complexity index is 721. The van der Waals surface area contributed by atoms with E-state index >= 15 is 0 Å². The molecule has 2 aromatic rings. The van der Waals surface area contributed by atoms with E-state index in [0.29, 0.717) is 25.1 Å². The summed E-state index contributed by atoms with van der Waals surface area (Å²) in [6.07, 6.45) is 1.89. The molecule has 1 amide bonds. The number of benzene rings is 1. The summed E-state index contributed by atoms with van der Waals surface area (Å²) in [6.45, 7) is 0.644. The van der Waals surface area contributed by atoms with Gasteiger partial charge in [0.2, 0.25) is 5.78 Å². The summed E-state index contributed by atoms with van der Waals surface area (Å²) < 4.78 is 0. The molecule has 2 heterocycles. The van der Waals surface area contributed by atoms with Gasteiger partial charge in [0, 0.05) is 12.7 Å². The number of nitrogens with zero attached hydrogens (tertiary/aromatic N) is 2. The van der Waals surface area contributed by atoms with Crippen molar-refractivity contribution in [2.75, 3.05) is 0 Å². The van der Waals surface area contributed by atoms with Crippen molar-refractivity contribution in [2.24, 2.45) is 0 Å². The summed E-state index contributed by atoms with van der Waals surface area (Å²) in [5.74, 6) is -1.15. The number of likely N-dealkylation sites (tertiary alicyclic amines) is 1. The van der Waals surface area contributed by atoms with Gasteiger partial charge in [0.1, 0.15) is 6.23 Å². The largest absolute Gasteiger partial charge is 0.378 e. The number of carbonyl (C=O) groups excluding carboxylic acids is 2. The quantitative estimate of drug-likeness (QED) is 0.774. The van der Waals surface area contributed by atoms with Crippen LogP contribution < -0.4 is 5.32 Å². The first kappa shape index (κ1) is 17.3. The Morgan fingerprint density at radius 1 is 1.12 bits per heavy atom. The van der Waals surface area contributed by atoms with Gasteiger partial charge >= 0.3 is 0 Å². The number of ketones is 1. The lowest BCUT2D eigenvalue weighted by molar-refractivity contribution is -0.142. The Balaban J connectivity index is 1.62. The smallest absolute Gasteiger partial charge is 0.289 e. The topological polar surface area (TPSA) is 82.5 Å². The maximum absolute atomic E-state index is 12.5. The van der Waals surface area contributed by atoms with Gasteiger partial charge in [-0.25, -0.2) is 0 Å². The number of aliphatic hydroxyl groups is 1. The highest BCUT2D eigenvalue weighted by Crippen LogP contribution is 2.25. The Kier molecular flexibility index (Phi) is 5.53. The van der Waals surface area contributed by atoms with Crippen LogP contribution >= 0.6 is 0 Å². The van der Waals surface area contributed by atoms with Crippen LogP contribution in [-0.4, -0.2) is 39.0 Å². The molecule has 1 aliphatic rings. The molecule has 0 saturated carbocycles. The van der Waals surface area contributed by atoms with Crippen LogP contribution in [0.15, 0.2) is 54.7 Å². The number of pyridine rings is 1. The monoisotopic (exact) mass is 339 g/mol. The zero-order valence-corrected chi connectivity index (χ0v) is 13.8. The molecule has 6 heteroatoms. The van der Waals surface area contributed by atoms with Gasteiger partial charge in [0.25, 0.3) is 5.91 Å². The molecule has 1 aliphatic heterocycles. The van der Waals surface area contributed by atoms with Crippen molar-refractivity contribution >= 4 is 11.7 Å². The summed E-state index contributed by atoms with van der Waals surface area (Å²) >= 11 is 0. The van der Waals surface area contributed by atoms with Crippen molar-refractivity contribution < 1.29 is 14.7 Å². The number of hydrogen-bond donors (Lipinski definition) is 2. The van der Waals surface area contributed by atoms with E-state index in [1.54, 1.807) is 23.2 Å². The van der Waals surface area contributed by atoms with Crippen LogP contribution in [0.3, 0.4) is 0 Å². The molecule has 0 bridgehead atoms. The third-order valence-electron chi connectivity index (χ3n) is 4.37. The van der Waals surface area contributed by atoms with Crippen LogP contribution in [0, 0.1) is 0 Å². The maximum Gasteiger partial charge on any atom is 0.289 e. The Morgan fingerprint density at radius 2 is 1.88 bits per heavy atom. The molecule has 1 aromatic heterocycles. The lowest BCUT2D eigenvalue weighted by atomic mass is 10.1. The van der Waals surface area contributed by atoms with Gasteiger partial charge in [0.05, 0.1) is 18.3 Å². The highest BCUT2D eigenvalue weighted by Gasteiger charge is 2.39. The van der Waals surface area contributed by atoms with Crippen molar-refractivity contribution in [1.82, 2.24) is 15.2 Å². The Hall–Kier alpha value is -2.57.